The molecule has 0 N–H and O–H groups in total. The van der Waals surface area contributed by atoms with E-state index in [0.717, 1.165) is 34.6 Å². The van der Waals surface area contributed by atoms with Crippen molar-refractivity contribution < 1.29 is 0 Å². The van der Waals surface area contributed by atoms with Gasteiger partial charge >= 0.3 is 0 Å². The normalized spacial score (nSPS) is 16.6. The number of fused-ring (bicyclic) bond motifs is 1. The highest BCUT2D eigenvalue weighted by Crippen LogP contribution is 2.36. The first-order chi connectivity index (χ1) is 17.3. The van der Waals surface area contributed by atoms with Gasteiger partial charge in [-0.05, 0) is 54.9 Å². The van der Waals surface area contributed by atoms with E-state index < -0.39 is 0 Å². The molecule has 8 heteroatoms. The fraction of sp³-hybridized carbons (Fsp3) is 0.259. The molecule has 6 rings (SSSR count). The molecule has 0 bridgehead atoms. The summed E-state index contributed by atoms with van der Waals surface area (Å²) in [4.78, 5) is 11.7. The number of hydrogen-bond donors (Lipinski definition) is 0. The molecule has 1 fully saturated rings. The van der Waals surface area contributed by atoms with E-state index >= 15 is 0 Å². The van der Waals surface area contributed by atoms with Gasteiger partial charge in [0.25, 0.3) is 0 Å². The Hall–Kier alpha value is -3.20. The Labute approximate surface area is 213 Å². The second kappa shape index (κ2) is 9.81. The van der Waals surface area contributed by atoms with E-state index in [9.17, 15) is 0 Å². The summed E-state index contributed by atoms with van der Waals surface area (Å²) in [6.45, 7) is 2.34. The van der Waals surface area contributed by atoms with Gasteiger partial charge in [-0.15, -0.1) is 11.3 Å². The lowest BCUT2D eigenvalue weighted by Gasteiger charge is -2.34. The smallest absolute Gasteiger partial charge is 0.199 e. The van der Waals surface area contributed by atoms with E-state index in [-0.39, 0.29) is 6.04 Å². The molecule has 2 aromatic carbocycles. The zero-order valence-corrected chi connectivity index (χ0v) is 21.0. The van der Waals surface area contributed by atoms with Crippen LogP contribution in [0.2, 0.25) is 0 Å². The van der Waals surface area contributed by atoms with Crippen LogP contribution in [0.15, 0.2) is 79.1 Å². The Morgan fingerprint density at radius 3 is 2.57 bits per heavy atom. The third-order valence-corrected chi connectivity index (χ3v) is 8.14. The molecule has 176 valence electrons. The van der Waals surface area contributed by atoms with Crippen molar-refractivity contribution in [3.63, 3.8) is 0 Å². The molecule has 1 aliphatic heterocycles. The van der Waals surface area contributed by atoms with Gasteiger partial charge in [-0.25, -0.2) is 9.67 Å². The van der Waals surface area contributed by atoms with Crippen LogP contribution in [-0.2, 0) is 13.2 Å². The minimum Gasteiger partial charge on any atom is -0.295 e. The number of piperidine rings is 1. The van der Waals surface area contributed by atoms with Gasteiger partial charge in [0.2, 0.25) is 0 Å². The second-order valence-electron chi connectivity index (χ2n) is 8.90. The summed E-state index contributed by atoms with van der Waals surface area (Å²) in [7, 11) is 0. The van der Waals surface area contributed by atoms with Crippen molar-refractivity contribution >= 4 is 33.8 Å². The van der Waals surface area contributed by atoms with Crippen LogP contribution < -0.4 is 0 Å². The van der Waals surface area contributed by atoms with Crippen molar-refractivity contribution in [2.24, 2.45) is 0 Å². The molecule has 1 atom stereocenters. The second-order valence-corrected chi connectivity index (χ2v) is 10.3. The Morgan fingerprint density at radius 2 is 1.74 bits per heavy atom. The molecule has 3 aromatic heterocycles. The van der Waals surface area contributed by atoms with Crippen LogP contribution in [0.25, 0.3) is 21.6 Å². The van der Waals surface area contributed by atoms with Crippen molar-refractivity contribution in [1.82, 2.24) is 29.2 Å². The molecular weight excluding hydrogens is 472 g/mol. The van der Waals surface area contributed by atoms with Crippen LogP contribution >= 0.6 is 23.6 Å². The molecule has 0 saturated carbocycles. The number of aromatic nitrogens is 5. The molecule has 1 aliphatic rings. The maximum atomic E-state index is 6.00. The van der Waals surface area contributed by atoms with Gasteiger partial charge in [0, 0.05) is 24.5 Å². The molecule has 0 radical (unpaired) electrons. The Morgan fingerprint density at radius 1 is 0.943 bits per heavy atom. The van der Waals surface area contributed by atoms with Crippen molar-refractivity contribution in [2.45, 2.75) is 38.5 Å². The van der Waals surface area contributed by atoms with E-state index in [4.69, 9.17) is 22.3 Å². The number of para-hydroxylation sites is 1. The van der Waals surface area contributed by atoms with Gasteiger partial charge in [-0.3, -0.25) is 14.5 Å². The van der Waals surface area contributed by atoms with Gasteiger partial charge < -0.3 is 0 Å². The molecule has 6 nitrogen and oxygen atoms in total. The van der Waals surface area contributed by atoms with Crippen LogP contribution in [0.3, 0.4) is 0 Å². The quantitative estimate of drug-likeness (QED) is 0.257. The first-order valence-corrected chi connectivity index (χ1v) is 13.2. The predicted molar refractivity (Wildman–Crippen MR) is 143 cm³/mol. The van der Waals surface area contributed by atoms with E-state index in [1.54, 1.807) is 12.4 Å². The van der Waals surface area contributed by atoms with Crippen LogP contribution in [0.5, 0.6) is 0 Å². The monoisotopic (exact) mass is 498 g/mol. The van der Waals surface area contributed by atoms with Crippen molar-refractivity contribution in [1.29, 1.82) is 0 Å². The number of hydrogen-bond acceptors (Lipinski definition) is 6. The first-order valence-electron chi connectivity index (χ1n) is 12.0. The topological polar surface area (TPSA) is 51.8 Å². The highest BCUT2D eigenvalue weighted by molar-refractivity contribution is 7.71. The van der Waals surface area contributed by atoms with Crippen LogP contribution in [0, 0.1) is 4.77 Å². The van der Waals surface area contributed by atoms with E-state index in [1.807, 2.05) is 34.2 Å². The molecule has 1 unspecified atom stereocenters. The van der Waals surface area contributed by atoms with Gasteiger partial charge in [0.15, 0.2) is 10.6 Å². The average molecular weight is 499 g/mol. The fourth-order valence-electron chi connectivity index (χ4n) is 4.80. The summed E-state index contributed by atoms with van der Waals surface area (Å²) in [6.07, 6.45) is 7.11. The number of likely N-dealkylation sites (tertiary alicyclic amines) is 1. The zero-order valence-electron chi connectivity index (χ0n) is 19.3. The lowest BCUT2D eigenvalue weighted by Crippen LogP contribution is -2.35. The Balaban J connectivity index is 1.36. The SMILES string of the molecule is S=c1n(CN2CCCCC2c2nc3ccccc3s2)nc(-c2ccncc2)n1Cc1ccccc1. The third-order valence-electron chi connectivity index (χ3n) is 6.57. The molecule has 0 aliphatic carbocycles. The standard InChI is InChI=1S/C27H26N6S2/c34-27-32(18-20-8-2-1-3-9-20)25(21-13-15-28-16-14-21)30-33(27)19-31-17-7-6-11-23(31)26-29-22-10-4-5-12-24(22)35-26/h1-5,8-10,12-16,23H,6-7,11,17-19H2. The molecule has 5 aromatic rings. The van der Waals surface area contributed by atoms with Crippen LogP contribution in [-0.4, -0.2) is 35.8 Å². The third kappa shape index (κ3) is 4.57. The number of pyridine rings is 1. The van der Waals surface area contributed by atoms with E-state index in [2.05, 4.69) is 63.0 Å². The predicted octanol–water partition coefficient (Wildman–Crippen LogP) is 6.32. The molecule has 35 heavy (non-hydrogen) atoms. The number of benzene rings is 2. The summed E-state index contributed by atoms with van der Waals surface area (Å²) >= 11 is 7.81. The average Bonchev–Trinajstić information content (AvgIpc) is 3.47. The fourth-order valence-corrected chi connectivity index (χ4v) is 6.19. The van der Waals surface area contributed by atoms with E-state index in [1.165, 1.54) is 28.1 Å². The highest BCUT2D eigenvalue weighted by Gasteiger charge is 2.28. The first kappa shape index (κ1) is 22.3. The summed E-state index contributed by atoms with van der Waals surface area (Å²) in [5.74, 6) is 0.870. The van der Waals surface area contributed by atoms with Crippen molar-refractivity contribution in [3.8, 4) is 11.4 Å². The van der Waals surface area contributed by atoms with Gasteiger partial charge in [-0.1, -0.05) is 48.9 Å². The molecule has 1 saturated heterocycles. The summed E-state index contributed by atoms with van der Waals surface area (Å²) in [6, 6.07) is 23.1. The van der Waals surface area contributed by atoms with Gasteiger partial charge in [0.1, 0.15) is 5.01 Å². The van der Waals surface area contributed by atoms with Crippen LogP contribution in [0.4, 0.5) is 0 Å². The van der Waals surface area contributed by atoms with Crippen molar-refractivity contribution in [3.05, 3.63) is 94.5 Å². The lowest BCUT2D eigenvalue weighted by molar-refractivity contribution is 0.103. The Kier molecular flexibility index (Phi) is 6.24. The van der Waals surface area contributed by atoms with Crippen LogP contribution in [0.1, 0.15) is 35.9 Å². The lowest BCUT2D eigenvalue weighted by atomic mass is 10.0. The summed E-state index contributed by atoms with van der Waals surface area (Å²) < 4.78 is 6.10. The maximum absolute atomic E-state index is 6.00. The minimum absolute atomic E-state index is 0.284. The summed E-state index contributed by atoms with van der Waals surface area (Å²) in [5, 5.41) is 6.22. The highest BCUT2D eigenvalue weighted by atomic mass is 32.1. The van der Waals surface area contributed by atoms with Crippen molar-refractivity contribution in [2.75, 3.05) is 6.54 Å². The van der Waals surface area contributed by atoms with Gasteiger partial charge in [-0.2, -0.15) is 5.10 Å². The molecule has 4 heterocycles. The van der Waals surface area contributed by atoms with Gasteiger partial charge in [0.05, 0.1) is 29.5 Å². The molecular formula is C27H26N6S2. The molecule has 0 spiro atoms. The minimum atomic E-state index is 0.284. The molecule has 0 amide bonds. The number of rotatable bonds is 6. The maximum Gasteiger partial charge on any atom is 0.199 e. The number of nitrogens with zero attached hydrogens (tertiary/aromatic N) is 6. The largest absolute Gasteiger partial charge is 0.295 e. The summed E-state index contributed by atoms with van der Waals surface area (Å²) in [5.41, 5.74) is 3.30. The number of thiazole rings is 1. The van der Waals surface area contributed by atoms with E-state index in [0.29, 0.717) is 13.2 Å². The zero-order chi connectivity index (χ0) is 23.6. The Bertz CT molecular complexity index is 1460.